The summed E-state index contributed by atoms with van der Waals surface area (Å²) in [4.78, 5) is 4.86. The lowest BCUT2D eigenvalue weighted by molar-refractivity contribution is -0.00756. The van der Waals surface area contributed by atoms with Crippen LogP contribution in [0.2, 0.25) is 0 Å². The van der Waals surface area contributed by atoms with E-state index in [1.165, 1.54) is 49.9 Å². The first-order chi connectivity index (χ1) is 9.23. The normalized spacial score (nSPS) is 46.8. The van der Waals surface area contributed by atoms with Crippen LogP contribution in [0.1, 0.15) is 62.4 Å². The third-order valence-electron chi connectivity index (χ3n) is 6.45. The molecule has 1 aromatic heterocycles. The zero-order chi connectivity index (χ0) is 12.6. The molecule has 19 heavy (non-hydrogen) atoms. The average molecular weight is 257 g/mol. The van der Waals surface area contributed by atoms with Gasteiger partial charge in [0.05, 0.1) is 17.7 Å². The molecule has 1 aliphatic heterocycles. The number of hydrogen-bond acceptors (Lipinski definition) is 2. The molecule has 102 valence electrons. The SMILES string of the molecule is NC1CCn2cnc(C34CC5CC(CC(C5)C3)C4)c21. The van der Waals surface area contributed by atoms with Crippen molar-refractivity contribution in [3.8, 4) is 0 Å². The maximum Gasteiger partial charge on any atom is 0.0952 e. The summed E-state index contributed by atoms with van der Waals surface area (Å²) in [6, 6.07) is 0.241. The Morgan fingerprint density at radius 3 is 2.37 bits per heavy atom. The van der Waals surface area contributed by atoms with E-state index >= 15 is 0 Å². The van der Waals surface area contributed by atoms with E-state index in [2.05, 4.69) is 10.9 Å². The third-order valence-corrected chi connectivity index (χ3v) is 6.45. The molecule has 1 unspecified atom stereocenters. The van der Waals surface area contributed by atoms with Crippen LogP contribution in [0.3, 0.4) is 0 Å². The van der Waals surface area contributed by atoms with Crippen LogP contribution in [0.25, 0.3) is 0 Å². The fraction of sp³-hybridized carbons (Fsp3) is 0.812. The smallest absolute Gasteiger partial charge is 0.0952 e. The summed E-state index contributed by atoms with van der Waals surface area (Å²) in [5, 5.41) is 0. The van der Waals surface area contributed by atoms with Gasteiger partial charge in [-0.25, -0.2) is 4.98 Å². The van der Waals surface area contributed by atoms with Gasteiger partial charge in [-0.3, -0.25) is 0 Å². The molecule has 3 nitrogen and oxygen atoms in total. The molecule has 2 heterocycles. The van der Waals surface area contributed by atoms with E-state index in [0.717, 1.165) is 30.7 Å². The molecule has 0 radical (unpaired) electrons. The average Bonchev–Trinajstić information content (AvgIpc) is 2.91. The van der Waals surface area contributed by atoms with Gasteiger partial charge in [-0.15, -0.1) is 0 Å². The topological polar surface area (TPSA) is 43.8 Å². The maximum atomic E-state index is 6.35. The molecule has 6 rings (SSSR count). The van der Waals surface area contributed by atoms with Gasteiger partial charge in [0.15, 0.2) is 0 Å². The first kappa shape index (κ1) is 10.9. The molecule has 5 aliphatic rings. The van der Waals surface area contributed by atoms with Gasteiger partial charge < -0.3 is 10.3 Å². The summed E-state index contributed by atoms with van der Waals surface area (Å²) in [7, 11) is 0. The molecule has 0 spiro atoms. The summed E-state index contributed by atoms with van der Waals surface area (Å²) in [5.41, 5.74) is 9.57. The first-order valence-electron chi connectivity index (χ1n) is 8.04. The van der Waals surface area contributed by atoms with Crippen molar-refractivity contribution < 1.29 is 0 Å². The van der Waals surface area contributed by atoms with Gasteiger partial charge in [0, 0.05) is 18.0 Å². The number of hydrogen-bond donors (Lipinski definition) is 1. The van der Waals surface area contributed by atoms with E-state index in [9.17, 15) is 0 Å². The zero-order valence-corrected chi connectivity index (χ0v) is 11.5. The monoisotopic (exact) mass is 257 g/mol. The molecule has 1 atom stereocenters. The molecule has 3 heteroatoms. The lowest BCUT2D eigenvalue weighted by atomic mass is 9.48. The first-order valence-corrected chi connectivity index (χ1v) is 8.04. The van der Waals surface area contributed by atoms with Gasteiger partial charge in [0.25, 0.3) is 0 Å². The summed E-state index contributed by atoms with van der Waals surface area (Å²) in [6.07, 6.45) is 11.9. The van der Waals surface area contributed by atoms with Crippen molar-refractivity contribution in [2.45, 2.75) is 62.9 Å². The minimum atomic E-state index is 0.241. The number of imidazole rings is 1. The molecule has 4 aliphatic carbocycles. The third kappa shape index (κ3) is 1.35. The van der Waals surface area contributed by atoms with Crippen LogP contribution in [-0.4, -0.2) is 9.55 Å². The summed E-state index contributed by atoms with van der Waals surface area (Å²) < 4.78 is 2.33. The lowest BCUT2D eigenvalue weighted by Crippen LogP contribution is -2.49. The molecule has 2 N–H and O–H groups in total. The van der Waals surface area contributed by atoms with Gasteiger partial charge in [-0.05, 0) is 62.7 Å². The van der Waals surface area contributed by atoms with E-state index in [1.54, 1.807) is 0 Å². The molecule has 4 fully saturated rings. The van der Waals surface area contributed by atoms with E-state index in [-0.39, 0.29) is 6.04 Å². The molecule has 4 bridgehead atoms. The number of fused-ring (bicyclic) bond motifs is 1. The molecule has 0 saturated heterocycles. The minimum Gasteiger partial charge on any atom is -0.333 e. The van der Waals surface area contributed by atoms with Crippen molar-refractivity contribution in [2.75, 3.05) is 0 Å². The largest absolute Gasteiger partial charge is 0.333 e. The second-order valence-corrected chi connectivity index (χ2v) is 7.76. The Morgan fingerprint density at radius 2 is 1.74 bits per heavy atom. The van der Waals surface area contributed by atoms with Gasteiger partial charge in [0.2, 0.25) is 0 Å². The van der Waals surface area contributed by atoms with Crippen molar-refractivity contribution in [3.05, 3.63) is 17.7 Å². The molecule has 0 aromatic carbocycles. The van der Waals surface area contributed by atoms with Crippen LogP contribution >= 0.6 is 0 Å². The number of rotatable bonds is 1. The Bertz CT molecular complexity index is 495. The number of nitrogens with zero attached hydrogens (tertiary/aromatic N) is 2. The highest BCUT2D eigenvalue weighted by atomic mass is 15.1. The second kappa shape index (κ2) is 3.43. The number of nitrogens with two attached hydrogens (primary N) is 1. The van der Waals surface area contributed by atoms with Crippen LogP contribution in [0, 0.1) is 17.8 Å². The number of aryl methyl sites for hydroxylation is 1. The predicted octanol–water partition coefficient (Wildman–Crippen LogP) is 2.75. The fourth-order valence-corrected chi connectivity index (χ4v) is 6.18. The van der Waals surface area contributed by atoms with Gasteiger partial charge in [-0.1, -0.05) is 0 Å². The van der Waals surface area contributed by atoms with Crippen molar-refractivity contribution in [3.63, 3.8) is 0 Å². The lowest BCUT2D eigenvalue weighted by Gasteiger charge is -2.56. The van der Waals surface area contributed by atoms with Crippen LogP contribution in [0.15, 0.2) is 6.33 Å². The Hall–Kier alpha value is -0.830. The molecule has 4 saturated carbocycles. The summed E-state index contributed by atoms with van der Waals surface area (Å²) in [6.45, 7) is 1.08. The van der Waals surface area contributed by atoms with Crippen molar-refractivity contribution in [1.29, 1.82) is 0 Å². The quantitative estimate of drug-likeness (QED) is 0.840. The fourth-order valence-electron chi connectivity index (χ4n) is 6.18. The van der Waals surface area contributed by atoms with Gasteiger partial charge >= 0.3 is 0 Å². The van der Waals surface area contributed by atoms with Crippen LogP contribution in [0.5, 0.6) is 0 Å². The van der Waals surface area contributed by atoms with Gasteiger partial charge in [0.1, 0.15) is 0 Å². The van der Waals surface area contributed by atoms with E-state index in [1.807, 2.05) is 0 Å². The zero-order valence-electron chi connectivity index (χ0n) is 11.5. The Kier molecular flexibility index (Phi) is 1.97. The van der Waals surface area contributed by atoms with Gasteiger partial charge in [-0.2, -0.15) is 0 Å². The van der Waals surface area contributed by atoms with E-state index in [4.69, 9.17) is 10.7 Å². The Morgan fingerprint density at radius 1 is 1.11 bits per heavy atom. The van der Waals surface area contributed by atoms with Crippen LogP contribution in [0.4, 0.5) is 0 Å². The highest BCUT2D eigenvalue weighted by Crippen LogP contribution is 2.61. The molecule has 0 amide bonds. The molecular formula is C16H23N3. The van der Waals surface area contributed by atoms with Crippen LogP contribution < -0.4 is 5.73 Å². The number of aromatic nitrogens is 2. The minimum absolute atomic E-state index is 0.241. The van der Waals surface area contributed by atoms with Crippen LogP contribution in [-0.2, 0) is 12.0 Å². The highest BCUT2D eigenvalue weighted by Gasteiger charge is 2.53. The summed E-state index contributed by atoms with van der Waals surface area (Å²) >= 11 is 0. The predicted molar refractivity (Wildman–Crippen MR) is 73.6 cm³/mol. The molecular weight excluding hydrogens is 234 g/mol. The van der Waals surface area contributed by atoms with Crippen molar-refractivity contribution in [1.82, 2.24) is 9.55 Å². The van der Waals surface area contributed by atoms with E-state index in [0.29, 0.717) is 5.41 Å². The van der Waals surface area contributed by atoms with Crippen molar-refractivity contribution in [2.24, 2.45) is 23.5 Å². The second-order valence-electron chi connectivity index (χ2n) is 7.76. The Labute approximate surface area is 114 Å². The summed E-state index contributed by atoms with van der Waals surface area (Å²) in [5.74, 6) is 2.96. The molecule has 1 aromatic rings. The Balaban J connectivity index is 1.63. The van der Waals surface area contributed by atoms with Crippen molar-refractivity contribution >= 4 is 0 Å². The standard InChI is InChI=1S/C16H23N3/c17-13-1-2-19-9-18-15(14(13)19)16-6-10-3-11(7-16)5-12(4-10)8-16/h9-13H,1-8,17H2. The highest BCUT2D eigenvalue weighted by molar-refractivity contribution is 5.31. The van der Waals surface area contributed by atoms with E-state index < -0.39 is 0 Å². The maximum absolute atomic E-state index is 6.35.